The lowest BCUT2D eigenvalue weighted by molar-refractivity contribution is 0.0594. The van der Waals surface area contributed by atoms with Gasteiger partial charge in [-0.3, -0.25) is 4.98 Å². The lowest BCUT2D eigenvalue weighted by Gasteiger charge is -2.00. The number of carbonyl (C=O) groups is 1. The Morgan fingerprint density at radius 1 is 1.47 bits per heavy atom. The lowest BCUT2D eigenvalue weighted by Crippen LogP contribution is -2.03. The molecule has 0 bridgehead atoms. The van der Waals surface area contributed by atoms with Gasteiger partial charge in [-0.25, -0.2) is 9.48 Å². The third kappa shape index (κ3) is 2.66. The summed E-state index contributed by atoms with van der Waals surface area (Å²) >= 11 is 0. The molecule has 2 rings (SSSR count). The number of rotatable bonds is 3. The molecule has 0 aliphatic rings. The van der Waals surface area contributed by atoms with Gasteiger partial charge >= 0.3 is 5.97 Å². The Morgan fingerprint density at radius 2 is 2.29 bits per heavy atom. The lowest BCUT2D eigenvalue weighted by atomic mass is 10.3. The van der Waals surface area contributed by atoms with Crippen LogP contribution in [0.25, 0.3) is 0 Å². The van der Waals surface area contributed by atoms with Crippen molar-refractivity contribution in [2.75, 3.05) is 7.11 Å². The van der Waals surface area contributed by atoms with E-state index < -0.39 is 5.97 Å². The first-order valence-electron chi connectivity index (χ1n) is 5.10. The SMILES string of the molecule is COC(=O)c1cn(Cc2cccc(C)n2)nn1. The maximum absolute atomic E-state index is 11.2. The van der Waals surface area contributed by atoms with Crippen LogP contribution in [0.5, 0.6) is 0 Å². The Hall–Kier alpha value is -2.24. The van der Waals surface area contributed by atoms with Crippen molar-refractivity contribution in [2.24, 2.45) is 0 Å². The molecule has 0 saturated carbocycles. The van der Waals surface area contributed by atoms with Gasteiger partial charge in [-0.05, 0) is 19.1 Å². The van der Waals surface area contributed by atoms with E-state index in [1.54, 1.807) is 4.68 Å². The molecule has 88 valence electrons. The number of ether oxygens (including phenoxy) is 1. The molecule has 0 spiro atoms. The number of carbonyl (C=O) groups excluding carboxylic acids is 1. The smallest absolute Gasteiger partial charge is 0.360 e. The van der Waals surface area contributed by atoms with Crippen molar-refractivity contribution in [2.45, 2.75) is 13.5 Å². The number of aromatic nitrogens is 4. The zero-order valence-electron chi connectivity index (χ0n) is 9.62. The molecule has 0 saturated heterocycles. The van der Waals surface area contributed by atoms with Crippen LogP contribution in [0.1, 0.15) is 21.9 Å². The molecule has 6 heteroatoms. The second-order valence-corrected chi connectivity index (χ2v) is 3.56. The van der Waals surface area contributed by atoms with Gasteiger partial charge < -0.3 is 4.74 Å². The Kier molecular flexibility index (Phi) is 3.13. The molecule has 0 unspecified atom stereocenters. The number of nitrogens with zero attached hydrogens (tertiary/aromatic N) is 4. The van der Waals surface area contributed by atoms with Crippen LogP contribution < -0.4 is 0 Å². The number of aryl methyl sites for hydroxylation is 1. The zero-order valence-corrected chi connectivity index (χ0v) is 9.62. The summed E-state index contributed by atoms with van der Waals surface area (Å²) < 4.78 is 6.10. The fourth-order valence-electron chi connectivity index (χ4n) is 1.43. The summed E-state index contributed by atoms with van der Waals surface area (Å²) in [7, 11) is 1.31. The van der Waals surface area contributed by atoms with Crippen molar-refractivity contribution in [1.29, 1.82) is 0 Å². The topological polar surface area (TPSA) is 69.9 Å². The second kappa shape index (κ2) is 4.73. The number of hydrogen-bond acceptors (Lipinski definition) is 5. The van der Waals surface area contributed by atoms with Crippen molar-refractivity contribution >= 4 is 5.97 Å². The molecule has 2 aromatic heterocycles. The van der Waals surface area contributed by atoms with E-state index in [1.807, 2.05) is 25.1 Å². The number of esters is 1. The predicted octanol–water partition coefficient (Wildman–Crippen LogP) is 0.816. The van der Waals surface area contributed by atoms with E-state index in [9.17, 15) is 4.79 Å². The van der Waals surface area contributed by atoms with Gasteiger partial charge in [0, 0.05) is 5.69 Å². The van der Waals surface area contributed by atoms with Gasteiger partial charge in [0.15, 0.2) is 5.69 Å². The molecule has 17 heavy (non-hydrogen) atoms. The molecular weight excluding hydrogens is 220 g/mol. The highest BCUT2D eigenvalue weighted by Gasteiger charge is 2.10. The second-order valence-electron chi connectivity index (χ2n) is 3.56. The van der Waals surface area contributed by atoms with Crippen LogP contribution in [0.3, 0.4) is 0 Å². The Bertz CT molecular complexity index is 536. The Labute approximate surface area is 98.2 Å². The molecule has 0 amide bonds. The molecule has 2 aromatic rings. The van der Waals surface area contributed by atoms with Crippen LogP contribution in [-0.4, -0.2) is 33.1 Å². The standard InChI is InChI=1S/C11H12N4O2/c1-8-4-3-5-9(12-8)6-15-7-10(13-14-15)11(16)17-2/h3-5,7H,6H2,1-2H3. The zero-order chi connectivity index (χ0) is 12.3. The van der Waals surface area contributed by atoms with E-state index in [4.69, 9.17) is 0 Å². The van der Waals surface area contributed by atoms with Crippen molar-refractivity contribution < 1.29 is 9.53 Å². The Morgan fingerprint density at radius 3 is 3.00 bits per heavy atom. The first-order valence-corrected chi connectivity index (χ1v) is 5.10. The number of hydrogen-bond donors (Lipinski definition) is 0. The summed E-state index contributed by atoms with van der Waals surface area (Å²) in [5, 5.41) is 7.55. The third-order valence-corrected chi connectivity index (χ3v) is 2.20. The molecule has 2 heterocycles. The van der Waals surface area contributed by atoms with Gasteiger partial charge in [0.2, 0.25) is 0 Å². The largest absolute Gasteiger partial charge is 0.464 e. The molecule has 0 fully saturated rings. The van der Waals surface area contributed by atoms with Crippen molar-refractivity contribution in [3.05, 3.63) is 41.5 Å². The summed E-state index contributed by atoms with van der Waals surface area (Å²) in [6.07, 6.45) is 1.54. The minimum Gasteiger partial charge on any atom is -0.464 e. The Balaban J connectivity index is 2.14. The van der Waals surface area contributed by atoms with Crippen molar-refractivity contribution in [3.63, 3.8) is 0 Å². The van der Waals surface area contributed by atoms with Gasteiger partial charge in [-0.15, -0.1) is 5.10 Å². The molecular formula is C11H12N4O2. The van der Waals surface area contributed by atoms with Gasteiger partial charge in [0.05, 0.1) is 25.5 Å². The summed E-state index contributed by atoms with van der Waals surface area (Å²) in [6, 6.07) is 5.74. The highest BCUT2D eigenvalue weighted by Crippen LogP contribution is 2.02. The van der Waals surface area contributed by atoms with Crippen LogP contribution >= 0.6 is 0 Å². The van der Waals surface area contributed by atoms with Gasteiger partial charge in [-0.2, -0.15) is 0 Å². The minimum absolute atomic E-state index is 0.195. The van der Waals surface area contributed by atoms with E-state index in [0.717, 1.165) is 11.4 Å². The van der Waals surface area contributed by atoms with E-state index in [1.165, 1.54) is 13.3 Å². The van der Waals surface area contributed by atoms with Crippen LogP contribution in [0, 0.1) is 6.92 Å². The molecule has 0 atom stereocenters. The first-order chi connectivity index (χ1) is 8.19. The monoisotopic (exact) mass is 232 g/mol. The average Bonchev–Trinajstić information content (AvgIpc) is 2.76. The fourth-order valence-corrected chi connectivity index (χ4v) is 1.43. The van der Waals surface area contributed by atoms with E-state index in [0.29, 0.717) is 6.54 Å². The van der Waals surface area contributed by atoms with Gasteiger partial charge in [0.1, 0.15) is 0 Å². The molecule has 6 nitrogen and oxygen atoms in total. The quantitative estimate of drug-likeness (QED) is 0.732. The summed E-state index contributed by atoms with van der Waals surface area (Å²) in [5.41, 5.74) is 2.00. The van der Waals surface area contributed by atoms with Crippen LogP contribution in [0.4, 0.5) is 0 Å². The predicted molar refractivity (Wildman–Crippen MR) is 59.4 cm³/mol. The maximum atomic E-state index is 11.2. The van der Waals surface area contributed by atoms with Crippen LogP contribution in [0.2, 0.25) is 0 Å². The summed E-state index contributed by atoms with van der Waals surface area (Å²) in [5.74, 6) is -0.492. The average molecular weight is 232 g/mol. The van der Waals surface area contributed by atoms with Crippen molar-refractivity contribution in [3.8, 4) is 0 Å². The third-order valence-electron chi connectivity index (χ3n) is 2.20. The van der Waals surface area contributed by atoms with E-state index in [2.05, 4.69) is 20.0 Å². The molecule has 0 aliphatic heterocycles. The van der Waals surface area contributed by atoms with E-state index in [-0.39, 0.29) is 5.69 Å². The summed E-state index contributed by atoms with van der Waals surface area (Å²) in [4.78, 5) is 15.5. The molecule has 0 aromatic carbocycles. The fraction of sp³-hybridized carbons (Fsp3) is 0.273. The number of pyridine rings is 1. The van der Waals surface area contributed by atoms with Crippen molar-refractivity contribution in [1.82, 2.24) is 20.0 Å². The van der Waals surface area contributed by atoms with Gasteiger partial charge in [-0.1, -0.05) is 11.3 Å². The minimum atomic E-state index is -0.492. The normalized spacial score (nSPS) is 10.2. The van der Waals surface area contributed by atoms with Crippen LogP contribution in [-0.2, 0) is 11.3 Å². The molecule has 0 radical (unpaired) electrons. The summed E-state index contributed by atoms with van der Waals surface area (Å²) in [6.45, 7) is 2.40. The van der Waals surface area contributed by atoms with Crippen LogP contribution in [0.15, 0.2) is 24.4 Å². The van der Waals surface area contributed by atoms with Gasteiger partial charge in [0.25, 0.3) is 0 Å². The first kappa shape index (κ1) is 11.3. The highest BCUT2D eigenvalue weighted by atomic mass is 16.5. The highest BCUT2D eigenvalue weighted by molar-refractivity contribution is 5.86. The maximum Gasteiger partial charge on any atom is 0.360 e. The van der Waals surface area contributed by atoms with E-state index >= 15 is 0 Å². The number of methoxy groups -OCH3 is 1. The molecule has 0 N–H and O–H groups in total. The molecule has 0 aliphatic carbocycles.